The summed E-state index contributed by atoms with van der Waals surface area (Å²) < 4.78 is 6.14. The lowest BCUT2D eigenvalue weighted by Gasteiger charge is -2.15. The van der Waals surface area contributed by atoms with E-state index in [0.717, 1.165) is 6.42 Å². The number of carbonyl (C=O) groups is 2. The van der Waals surface area contributed by atoms with Crippen LogP contribution in [0.15, 0.2) is 0 Å². The maximum absolute atomic E-state index is 11.9. The predicted octanol–water partition coefficient (Wildman–Crippen LogP) is 0.495. The molecule has 0 aliphatic heterocycles. The molecular weight excluding hydrogens is 248 g/mol. The average Bonchev–Trinajstić information content (AvgIpc) is 2.80. The molecule has 0 aromatic carbocycles. The number of likely N-dealkylation sites (N-methyl/N-ethyl adjacent to an activating group) is 1. The zero-order valence-electron chi connectivity index (χ0n) is 11.8. The minimum absolute atomic E-state index is 0.0684. The zero-order valence-corrected chi connectivity index (χ0v) is 11.8. The van der Waals surface area contributed by atoms with E-state index in [1.54, 1.807) is 11.9 Å². The minimum atomic E-state index is -0.522. The number of ether oxygens (including phenoxy) is 1. The molecule has 0 spiro atoms. The van der Waals surface area contributed by atoms with Gasteiger partial charge in [0.2, 0.25) is 5.91 Å². The maximum atomic E-state index is 11.9. The van der Waals surface area contributed by atoms with E-state index in [4.69, 9.17) is 0 Å². The summed E-state index contributed by atoms with van der Waals surface area (Å²) in [6.45, 7) is 4.59. The number of nitrogens with zero attached hydrogens (tertiary/aromatic N) is 4. The molecule has 1 aromatic heterocycles. The van der Waals surface area contributed by atoms with Crippen molar-refractivity contribution in [2.24, 2.45) is 0 Å². The van der Waals surface area contributed by atoms with Gasteiger partial charge in [-0.25, -0.2) is 9.48 Å². The van der Waals surface area contributed by atoms with E-state index < -0.39 is 5.97 Å². The summed E-state index contributed by atoms with van der Waals surface area (Å²) in [7, 11) is 3.02. The van der Waals surface area contributed by atoms with Crippen LogP contribution in [0.25, 0.3) is 0 Å². The molecule has 0 N–H and O–H groups in total. The Morgan fingerprint density at radius 3 is 2.58 bits per heavy atom. The highest BCUT2D eigenvalue weighted by Gasteiger charge is 2.21. The summed E-state index contributed by atoms with van der Waals surface area (Å²) in [5.41, 5.74) is 0.837. The Bertz CT molecular complexity index is 456. The molecule has 19 heavy (non-hydrogen) atoms. The van der Waals surface area contributed by atoms with Crippen molar-refractivity contribution < 1.29 is 14.3 Å². The third-order valence-corrected chi connectivity index (χ3v) is 2.89. The zero-order chi connectivity index (χ0) is 14.4. The number of aromatic nitrogens is 3. The number of amides is 1. The topological polar surface area (TPSA) is 77.3 Å². The van der Waals surface area contributed by atoms with Crippen molar-refractivity contribution in [3.8, 4) is 0 Å². The molecule has 106 valence electrons. The van der Waals surface area contributed by atoms with E-state index in [-0.39, 0.29) is 18.1 Å². The molecular formula is C12H20N4O3. The van der Waals surface area contributed by atoms with Crippen LogP contribution in [0, 0.1) is 0 Å². The molecule has 0 radical (unpaired) electrons. The lowest BCUT2D eigenvalue weighted by atomic mass is 10.2. The van der Waals surface area contributed by atoms with Gasteiger partial charge in [0, 0.05) is 13.6 Å². The SMILES string of the molecule is CCCc1c(C(=O)OC)nnn1CC(=O)N(C)CC. The van der Waals surface area contributed by atoms with Crippen molar-refractivity contribution in [3.63, 3.8) is 0 Å². The number of esters is 1. The second kappa shape index (κ2) is 6.86. The van der Waals surface area contributed by atoms with Gasteiger partial charge in [0.05, 0.1) is 12.8 Å². The molecule has 1 rings (SSSR count). The quantitative estimate of drug-likeness (QED) is 0.702. The van der Waals surface area contributed by atoms with Crippen molar-refractivity contribution in [2.75, 3.05) is 20.7 Å². The molecule has 1 aromatic rings. The van der Waals surface area contributed by atoms with Crippen molar-refractivity contribution in [2.45, 2.75) is 33.2 Å². The maximum Gasteiger partial charge on any atom is 0.360 e. The van der Waals surface area contributed by atoms with Gasteiger partial charge >= 0.3 is 5.97 Å². The first kappa shape index (κ1) is 15.1. The fraction of sp³-hybridized carbons (Fsp3) is 0.667. The molecule has 0 saturated carbocycles. The monoisotopic (exact) mass is 268 g/mol. The van der Waals surface area contributed by atoms with E-state index in [1.165, 1.54) is 11.8 Å². The van der Waals surface area contributed by atoms with Gasteiger partial charge in [-0.15, -0.1) is 5.10 Å². The first-order valence-corrected chi connectivity index (χ1v) is 6.29. The van der Waals surface area contributed by atoms with E-state index in [0.29, 0.717) is 18.7 Å². The van der Waals surface area contributed by atoms with Gasteiger partial charge in [-0.3, -0.25) is 4.79 Å². The third kappa shape index (κ3) is 3.52. The molecule has 0 atom stereocenters. The van der Waals surface area contributed by atoms with Gasteiger partial charge in [0.25, 0.3) is 0 Å². The Labute approximate surface area is 112 Å². The Balaban J connectivity index is 2.98. The largest absolute Gasteiger partial charge is 0.464 e. The summed E-state index contributed by atoms with van der Waals surface area (Å²) in [6, 6.07) is 0. The van der Waals surface area contributed by atoms with E-state index >= 15 is 0 Å². The second-order valence-electron chi connectivity index (χ2n) is 4.19. The molecule has 0 unspecified atom stereocenters. The van der Waals surface area contributed by atoms with Crippen molar-refractivity contribution in [1.82, 2.24) is 19.9 Å². The van der Waals surface area contributed by atoms with E-state index in [1.807, 2.05) is 13.8 Å². The Hall–Kier alpha value is -1.92. The van der Waals surface area contributed by atoms with Crippen LogP contribution in [0.3, 0.4) is 0 Å². The van der Waals surface area contributed by atoms with Crippen LogP contribution < -0.4 is 0 Å². The molecule has 0 aliphatic rings. The van der Waals surface area contributed by atoms with Crippen LogP contribution in [0.4, 0.5) is 0 Å². The lowest BCUT2D eigenvalue weighted by molar-refractivity contribution is -0.130. The first-order chi connectivity index (χ1) is 9.04. The highest BCUT2D eigenvalue weighted by atomic mass is 16.5. The van der Waals surface area contributed by atoms with Crippen LogP contribution in [0.5, 0.6) is 0 Å². The average molecular weight is 268 g/mol. The number of hydrogen-bond donors (Lipinski definition) is 0. The summed E-state index contributed by atoms with van der Waals surface area (Å²) in [5.74, 6) is -0.591. The van der Waals surface area contributed by atoms with Gasteiger partial charge in [0.15, 0.2) is 5.69 Å². The van der Waals surface area contributed by atoms with E-state index in [9.17, 15) is 9.59 Å². The van der Waals surface area contributed by atoms with Gasteiger partial charge in [-0.05, 0) is 13.3 Å². The fourth-order valence-electron chi connectivity index (χ4n) is 1.62. The third-order valence-electron chi connectivity index (χ3n) is 2.89. The van der Waals surface area contributed by atoms with Crippen LogP contribution in [0.1, 0.15) is 36.5 Å². The van der Waals surface area contributed by atoms with Crippen molar-refractivity contribution in [1.29, 1.82) is 0 Å². The summed E-state index contributed by atoms with van der Waals surface area (Å²) >= 11 is 0. The summed E-state index contributed by atoms with van der Waals surface area (Å²) in [6.07, 6.45) is 1.45. The summed E-state index contributed by atoms with van der Waals surface area (Å²) in [5, 5.41) is 7.69. The Morgan fingerprint density at radius 1 is 1.37 bits per heavy atom. The Morgan fingerprint density at radius 2 is 2.05 bits per heavy atom. The molecule has 0 aliphatic carbocycles. The fourth-order valence-corrected chi connectivity index (χ4v) is 1.62. The highest BCUT2D eigenvalue weighted by Crippen LogP contribution is 2.10. The van der Waals surface area contributed by atoms with Crippen LogP contribution in [-0.2, 0) is 22.5 Å². The molecule has 7 nitrogen and oxygen atoms in total. The number of rotatable bonds is 6. The van der Waals surface area contributed by atoms with Gasteiger partial charge in [-0.1, -0.05) is 18.6 Å². The molecule has 0 bridgehead atoms. The van der Waals surface area contributed by atoms with E-state index in [2.05, 4.69) is 15.0 Å². The predicted molar refractivity (Wildman–Crippen MR) is 68.7 cm³/mol. The van der Waals surface area contributed by atoms with Crippen LogP contribution >= 0.6 is 0 Å². The first-order valence-electron chi connectivity index (χ1n) is 6.29. The smallest absolute Gasteiger partial charge is 0.360 e. The standard InChI is InChI=1S/C12H20N4O3/c1-5-7-9-11(12(18)19-4)13-14-16(9)8-10(17)15(3)6-2/h5-8H2,1-4H3. The molecule has 0 saturated heterocycles. The number of methoxy groups -OCH3 is 1. The number of carbonyl (C=O) groups excluding carboxylic acids is 2. The summed E-state index contributed by atoms with van der Waals surface area (Å²) in [4.78, 5) is 25.0. The second-order valence-corrected chi connectivity index (χ2v) is 4.19. The van der Waals surface area contributed by atoms with Crippen molar-refractivity contribution >= 4 is 11.9 Å². The van der Waals surface area contributed by atoms with Crippen LogP contribution in [-0.4, -0.2) is 52.5 Å². The highest BCUT2D eigenvalue weighted by molar-refractivity contribution is 5.88. The van der Waals surface area contributed by atoms with Gasteiger partial charge < -0.3 is 9.64 Å². The number of hydrogen-bond acceptors (Lipinski definition) is 5. The van der Waals surface area contributed by atoms with Crippen molar-refractivity contribution in [3.05, 3.63) is 11.4 Å². The normalized spacial score (nSPS) is 10.3. The van der Waals surface area contributed by atoms with Gasteiger partial charge in [0.1, 0.15) is 6.54 Å². The Kier molecular flexibility index (Phi) is 5.47. The molecule has 1 amide bonds. The minimum Gasteiger partial charge on any atom is -0.464 e. The van der Waals surface area contributed by atoms with Crippen LogP contribution in [0.2, 0.25) is 0 Å². The van der Waals surface area contributed by atoms with Gasteiger partial charge in [-0.2, -0.15) is 0 Å². The molecule has 0 fully saturated rings. The lowest BCUT2D eigenvalue weighted by Crippen LogP contribution is -2.30. The molecule has 7 heteroatoms. The molecule has 1 heterocycles.